The van der Waals surface area contributed by atoms with Crippen LogP contribution in [0.2, 0.25) is 0 Å². The summed E-state index contributed by atoms with van der Waals surface area (Å²) in [5.41, 5.74) is 1.01. The predicted molar refractivity (Wildman–Crippen MR) is 98.6 cm³/mol. The van der Waals surface area contributed by atoms with Crippen molar-refractivity contribution in [1.29, 1.82) is 0 Å². The van der Waals surface area contributed by atoms with Crippen LogP contribution in [0.25, 0.3) is 16.2 Å². The lowest BCUT2D eigenvalue weighted by Gasteiger charge is -2.13. The second-order valence-corrected chi connectivity index (χ2v) is 7.60. The van der Waals surface area contributed by atoms with Gasteiger partial charge in [-0.3, -0.25) is 14.5 Å². The molecule has 1 aromatic carbocycles. The van der Waals surface area contributed by atoms with Crippen molar-refractivity contribution in [2.75, 3.05) is 6.54 Å². The first-order chi connectivity index (χ1) is 11.1. The second-order valence-electron chi connectivity index (χ2n) is 5.02. The first kappa shape index (κ1) is 16.2. The Morgan fingerprint density at radius 1 is 1.35 bits per heavy atom. The summed E-state index contributed by atoms with van der Waals surface area (Å²) in [6.45, 7) is 0.346. The molecule has 0 unspecified atom stereocenters. The van der Waals surface area contributed by atoms with E-state index in [1.165, 1.54) is 21.4 Å². The Bertz CT molecular complexity index is 825. The number of thioether (sulfide) groups is 1. The molecule has 0 radical (unpaired) electrons. The number of benzene rings is 1. The molecule has 3 rings (SSSR count). The zero-order valence-electron chi connectivity index (χ0n) is 12.0. The molecule has 7 heteroatoms. The Kier molecular flexibility index (Phi) is 4.79. The molecular formula is C16H13NO3S3. The molecule has 2 aromatic rings. The fourth-order valence-electron chi connectivity index (χ4n) is 2.33. The van der Waals surface area contributed by atoms with Crippen molar-refractivity contribution in [2.24, 2.45) is 0 Å². The zero-order chi connectivity index (χ0) is 16.4. The van der Waals surface area contributed by atoms with Gasteiger partial charge in [-0.1, -0.05) is 42.2 Å². The summed E-state index contributed by atoms with van der Waals surface area (Å²) >= 11 is 8.16. The molecule has 1 aliphatic rings. The molecule has 1 aliphatic heterocycles. The average molecular weight is 363 g/mol. The Morgan fingerprint density at radius 3 is 2.91 bits per heavy atom. The Balaban J connectivity index is 1.80. The summed E-state index contributed by atoms with van der Waals surface area (Å²) in [4.78, 5) is 25.1. The van der Waals surface area contributed by atoms with E-state index in [2.05, 4.69) is 6.07 Å². The minimum atomic E-state index is -0.865. The van der Waals surface area contributed by atoms with Gasteiger partial charge in [-0.15, -0.1) is 11.3 Å². The van der Waals surface area contributed by atoms with E-state index in [9.17, 15) is 9.59 Å². The molecule has 1 aromatic heterocycles. The van der Waals surface area contributed by atoms with Gasteiger partial charge in [0.1, 0.15) is 4.32 Å². The van der Waals surface area contributed by atoms with Crippen molar-refractivity contribution in [2.45, 2.75) is 12.8 Å². The lowest BCUT2D eigenvalue weighted by molar-refractivity contribution is -0.137. The number of hydrogen-bond donors (Lipinski definition) is 1. The summed E-state index contributed by atoms with van der Waals surface area (Å²) in [5, 5.41) is 11.8. The Labute approximate surface area is 146 Å². The molecule has 23 heavy (non-hydrogen) atoms. The van der Waals surface area contributed by atoms with Crippen LogP contribution in [-0.2, 0) is 9.59 Å². The number of amides is 1. The number of carbonyl (C=O) groups is 2. The van der Waals surface area contributed by atoms with Gasteiger partial charge >= 0.3 is 5.97 Å². The molecule has 0 saturated carbocycles. The maximum absolute atomic E-state index is 12.5. The molecule has 118 valence electrons. The molecule has 1 amide bonds. The number of hydrogen-bond acceptors (Lipinski definition) is 5. The van der Waals surface area contributed by atoms with Gasteiger partial charge in [0, 0.05) is 17.7 Å². The number of carbonyl (C=O) groups excluding carboxylic acids is 1. The lowest BCUT2D eigenvalue weighted by Crippen LogP contribution is -2.29. The summed E-state index contributed by atoms with van der Waals surface area (Å²) < 4.78 is 1.67. The van der Waals surface area contributed by atoms with Crippen molar-refractivity contribution in [1.82, 2.24) is 4.90 Å². The zero-order valence-corrected chi connectivity index (χ0v) is 14.5. The van der Waals surface area contributed by atoms with Crippen LogP contribution in [0.5, 0.6) is 0 Å². The average Bonchev–Trinajstić information content (AvgIpc) is 3.04. The highest BCUT2D eigenvalue weighted by molar-refractivity contribution is 8.26. The number of fused-ring (bicyclic) bond motifs is 1. The van der Waals surface area contributed by atoms with Gasteiger partial charge in [-0.25, -0.2) is 0 Å². The third-order valence-electron chi connectivity index (χ3n) is 3.44. The number of aliphatic carboxylic acids is 1. The fourth-order valence-corrected chi connectivity index (χ4v) is 4.55. The van der Waals surface area contributed by atoms with Gasteiger partial charge in [-0.05, 0) is 34.9 Å². The van der Waals surface area contributed by atoms with E-state index in [1.807, 2.05) is 29.7 Å². The summed E-state index contributed by atoms with van der Waals surface area (Å²) in [6, 6.07) is 8.05. The first-order valence-corrected chi connectivity index (χ1v) is 9.10. The van der Waals surface area contributed by atoms with E-state index in [4.69, 9.17) is 17.3 Å². The van der Waals surface area contributed by atoms with Crippen LogP contribution in [0.3, 0.4) is 0 Å². The third kappa shape index (κ3) is 3.46. The van der Waals surface area contributed by atoms with E-state index in [0.29, 0.717) is 22.2 Å². The summed E-state index contributed by atoms with van der Waals surface area (Å²) in [7, 11) is 0. The number of nitrogens with zero attached hydrogens (tertiary/aromatic N) is 1. The number of carboxylic acids is 1. The van der Waals surface area contributed by atoms with Gasteiger partial charge in [0.05, 0.1) is 4.91 Å². The normalized spacial score (nSPS) is 16.7. The second kappa shape index (κ2) is 6.82. The third-order valence-corrected chi connectivity index (χ3v) is 5.80. The molecule has 4 nitrogen and oxygen atoms in total. The van der Waals surface area contributed by atoms with Crippen LogP contribution < -0.4 is 0 Å². The maximum atomic E-state index is 12.5. The Hall–Kier alpha value is -1.70. The van der Waals surface area contributed by atoms with Crippen molar-refractivity contribution in [3.63, 3.8) is 0 Å². The topological polar surface area (TPSA) is 57.6 Å². The first-order valence-electron chi connectivity index (χ1n) is 6.99. The van der Waals surface area contributed by atoms with Crippen molar-refractivity contribution >= 4 is 67.7 Å². The maximum Gasteiger partial charge on any atom is 0.303 e. The summed E-state index contributed by atoms with van der Waals surface area (Å²) in [6.07, 6.45) is 2.30. The van der Waals surface area contributed by atoms with Gasteiger partial charge in [-0.2, -0.15) is 0 Å². The monoisotopic (exact) mass is 363 g/mol. The molecule has 0 aliphatic carbocycles. The van der Waals surface area contributed by atoms with Gasteiger partial charge in [0.2, 0.25) is 0 Å². The lowest BCUT2D eigenvalue weighted by atomic mass is 10.1. The van der Waals surface area contributed by atoms with Gasteiger partial charge in [0.15, 0.2) is 0 Å². The molecule has 0 spiro atoms. The van der Waals surface area contributed by atoms with Crippen LogP contribution in [0.1, 0.15) is 18.4 Å². The van der Waals surface area contributed by atoms with E-state index in [1.54, 1.807) is 11.3 Å². The number of thiophene rings is 1. The molecule has 0 atom stereocenters. The van der Waals surface area contributed by atoms with Crippen LogP contribution in [0.15, 0.2) is 34.6 Å². The predicted octanol–water partition coefficient (Wildman–Crippen LogP) is 3.97. The van der Waals surface area contributed by atoms with Gasteiger partial charge < -0.3 is 5.11 Å². The smallest absolute Gasteiger partial charge is 0.303 e. The minimum absolute atomic E-state index is 0.0330. The number of carboxylic acid groups (broad SMARTS) is 1. The molecule has 1 saturated heterocycles. The van der Waals surface area contributed by atoms with Gasteiger partial charge in [0.25, 0.3) is 5.91 Å². The molecule has 2 heterocycles. The highest BCUT2D eigenvalue weighted by Gasteiger charge is 2.31. The fraction of sp³-hybridized carbons (Fsp3) is 0.188. The van der Waals surface area contributed by atoms with E-state index in [-0.39, 0.29) is 12.3 Å². The standard InChI is InChI=1S/C16H13NO3S3/c18-14(19)6-3-7-17-15(20)13(23-16(17)21)8-10-9-22-12-5-2-1-4-11(10)12/h1-2,4-5,8-9H,3,6-7H2,(H,18,19)/b13-8-. The highest BCUT2D eigenvalue weighted by atomic mass is 32.2. The van der Waals surface area contributed by atoms with Crippen LogP contribution in [-0.4, -0.2) is 32.7 Å². The number of thiocarbonyl (C=S) groups is 1. The minimum Gasteiger partial charge on any atom is -0.481 e. The molecule has 1 N–H and O–H groups in total. The highest BCUT2D eigenvalue weighted by Crippen LogP contribution is 2.35. The van der Waals surface area contributed by atoms with Crippen LogP contribution in [0, 0.1) is 0 Å². The van der Waals surface area contributed by atoms with E-state index >= 15 is 0 Å². The largest absolute Gasteiger partial charge is 0.481 e. The van der Waals surface area contributed by atoms with E-state index in [0.717, 1.165) is 10.9 Å². The van der Waals surface area contributed by atoms with E-state index < -0.39 is 5.97 Å². The molecule has 0 bridgehead atoms. The van der Waals surface area contributed by atoms with Crippen LogP contribution >= 0.6 is 35.3 Å². The molecule has 1 fully saturated rings. The van der Waals surface area contributed by atoms with Crippen molar-refractivity contribution in [3.8, 4) is 0 Å². The SMILES string of the molecule is O=C(O)CCCN1C(=O)/C(=C/c2csc3ccccc23)SC1=S. The quantitative estimate of drug-likeness (QED) is 0.643. The molecular weight excluding hydrogens is 350 g/mol. The Morgan fingerprint density at radius 2 is 2.13 bits per heavy atom. The van der Waals surface area contributed by atoms with Crippen molar-refractivity contribution < 1.29 is 14.7 Å². The summed E-state index contributed by atoms with van der Waals surface area (Å²) in [5.74, 6) is -1.00. The van der Waals surface area contributed by atoms with Crippen molar-refractivity contribution in [3.05, 3.63) is 40.1 Å². The van der Waals surface area contributed by atoms with Crippen LogP contribution in [0.4, 0.5) is 0 Å². The number of rotatable bonds is 5.